The molecule has 0 bridgehead atoms. The van der Waals surface area contributed by atoms with Crippen molar-refractivity contribution in [2.75, 3.05) is 25.5 Å². The summed E-state index contributed by atoms with van der Waals surface area (Å²) in [6.45, 7) is 2.94. The molecule has 158 valence electrons. The molecule has 9 heteroatoms. The molecule has 4 rings (SSSR count). The van der Waals surface area contributed by atoms with Crippen molar-refractivity contribution in [1.29, 1.82) is 0 Å². The molecule has 1 N–H and O–H groups in total. The fraction of sp³-hybridized carbons (Fsp3) is 0.333. The van der Waals surface area contributed by atoms with Gasteiger partial charge < -0.3 is 10.1 Å². The number of likely N-dealkylation sites (N-methyl/N-ethyl adjacent to an activating group) is 1. The summed E-state index contributed by atoms with van der Waals surface area (Å²) in [4.78, 5) is 17.2. The number of anilines is 1. The Balaban J connectivity index is 1.45. The molecular formula is C21H23N3O4S2. The second-order valence-electron chi connectivity index (χ2n) is 7.31. The van der Waals surface area contributed by atoms with Gasteiger partial charge >= 0.3 is 0 Å². The summed E-state index contributed by atoms with van der Waals surface area (Å²) in [5, 5.41) is 3.81. The van der Waals surface area contributed by atoms with Crippen LogP contribution in [0.1, 0.15) is 28.2 Å². The summed E-state index contributed by atoms with van der Waals surface area (Å²) in [5.74, 6) is -0.307. The number of aromatic nitrogens is 1. The maximum atomic E-state index is 12.8. The third-order valence-electron chi connectivity index (χ3n) is 5.06. The first kappa shape index (κ1) is 20.9. The van der Waals surface area contributed by atoms with Gasteiger partial charge in [0, 0.05) is 31.5 Å². The van der Waals surface area contributed by atoms with Gasteiger partial charge in [-0.2, -0.15) is 4.31 Å². The van der Waals surface area contributed by atoms with Crippen LogP contribution >= 0.6 is 11.3 Å². The summed E-state index contributed by atoms with van der Waals surface area (Å²) >= 11 is 1.60. The normalized spacial score (nSPS) is 17.0. The van der Waals surface area contributed by atoms with Crippen molar-refractivity contribution in [3.05, 3.63) is 53.0 Å². The number of carbonyl (C=O) groups is 1. The number of fused-ring (bicyclic) bond motifs is 1. The molecular weight excluding hydrogens is 422 g/mol. The predicted molar refractivity (Wildman–Crippen MR) is 118 cm³/mol. The highest BCUT2D eigenvalue weighted by molar-refractivity contribution is 7.89. The lowest BCUT2D eigenvalue weighted by molar-refractivity contribution is 0.0979. The molecule has 1 atom stereocenters. The third-order valence-corrected chi connectivity index (χ3v) is 7.85. The van der Waals surface area contributed by atoms with Crippen molar-refractivity contribution in [2.45, 2.75) is 30.8 Å². The average molecular weight is 446 g/mol. The van der Waals surface area contributed by atoms with E-state index in [1.54, 1.807) is 18.4 Å². The first-order valence-electron chi connectivity index (χ1n) is 9.69. The molecule has 2 heterocycles. The second-order valence-corrected chi connectivity index (χ2v) is 10.6. The first-order chi connectivity index (χ1) is 14.3. The number of nitrogens with zero attached hydrogens (tertiary/aromatic N) is 2. The zero-order valence-corrected chi connectivity index (χ0v) is 18.4. The number of aryl methyl sites for hydroxylation is 1. The fourth-order valence-electron chi connectivity index (χ4n) is 3.46. The number of hydrogen-bond donors (Lipinski definition) is 1. The number of nitrogens with one attached hydrogen (secondary N) is 1. The predicted octanol–water partition coefficient (Wildman–Crippen LogP) is 3.66. The molecule has 1 aliphatic rings. The van der Waals surface area contributed by atoms with E-state index in [1.807, 2.05) is 25.1 Å². The van der Waals surface area contributed by atoms with Gasteiger partial charge in [0.25, 0.3) is 5.91 Å². The molecule has 2 aromatic carbocycles. The molecule has 0 aliphatic carbocycles. The van der Waals surface area contributed by atoms with Gasteiger partial charge in [-0.25, -0.2) is 13.4 Å². The second kappa shape index (κ2) is 8.43. The van der Waals surface area contributed by atoms with E-state index < -0.39 is 10.0 Å². The van der Waals surface area contributed by atoms with Crippen LogP contribution in [0.3, 0.4) is 0 Å². The molecule has 1 aliphatic heterocycles. The molecule has 1 unspecified atom stereocenters. The lowest BCUT2D eigenvalue weighted by atomic mass is 10.2. The van der Waals surface area contributed by atoms with E-state index in [9.17, 15) is 13.2 Å². The molecule has 3 aromatic rings. The maximum Gasteiger partial charge on any atom is 0.255 e. The lowest BCUT2D eigenvalue weighted by Gasteiger charge is -2.20. The van der Waals surface area contributed by atoms with Crippen LogP contribution in [-0.4, -0.2) is 49.9 Å². The number of thiazole rings is 1. The van der Waals surface area contributed by atoms with Gasteiger partial charge in [-0.1, -0.05) is 0 Å². The van der Waals surface area contributed by atoms with E-state index in [1.165, 1.54) is 28.6 Å². The van der Waals surface area contributed by atoms with Crippen LogP contribution in [0.4, 0.5) is 5.69 Å². The Kier molecular flexibility index (Phi) is 5.88. The van der Waals surface area contributed by atoms with Crippen LogP contribution in [-0.2, 0) is 14.8 Å². The number of amides is 1. The van der Waals surface area contributed by atoms with Crippen molar-refractivity contribution in [2.24, 2.45) is 0 Å². The number of sulfonamides is 1. The minimum atomic E-state index is -3.64. The first-order valence-corrected chi connectivity index (χ1v) is 11.9. The number of hydrogen-bond acceptors (Lipinski definition) is 6. The molecule has 1 amide bonds. The summed E-state index contributed by atoms with van der Waals surface area (Å²) < 4.78 is 33.5. The van der Waals surface area contributed by atoms with Crippen molar-refractivity contribution in [1.82, 2.24) is 9.29 Å². The van der Waals surface area contributed by atoms with Crippen molar-refractivity contribution < 1.29 is 17.9 Å². The highest BCUT2D eigenvalue weighted by Crippen LogP contribution is 2.25. The Morgan fingerprint density at radius 3 is 2.73 bits per heavy atom. The van der Waals surface area contributed by atoms with Gasteiger partial charge in [-0.3, -0.25) is 4.79 Å². The van der Waals surface area contributed by atoms with Gasteiger partial charge in [0.05, 0.1) is 26.2 Å². The van der Waals surface area contributed by atoms with E-state index in [4.69, 9.17) is 4.74 Å². The van der Waals surface area contributed by atoms with E-state index in [2.05, 4.69) is 10.3 Å². The van der Waals surface area contributed by atoms with Crippen LogP contribution in [0.15, 0.2) is 47.4 Å². The zero-order chi connectivity index (χ0) is 21.3. The van der Waals surface area contributed by atoms with Gasteiger partial charge in [-0.05, 0) is 62.2 Å². The quantitative estimate of drug-likeness (QED) is 0.626. The van der Waals surface area contributed by atoms with Gasteiger partial charge in [0.15, 0.2) is 0 Å². The molecule has 7 nitrogen and oxygen atoms in total. The molecule has 0 spiro atoms. The molecule has 1 aromatic heterocycles. The number of carbonyl (C=O) groups excluding carboxylic acids is 1. The van der Waals surface area contributed by atoms with Crippen molar-refractivity contribution in [3.8, 4) is 0 Å². The van der Waals surface area contributed by atoms with E-state index in [0.717, 1.165) is 28.1 Å². The summed E-state index contributed by atoms with van der Waals surface area (Å²) in [6, 6.07) is 11.6. The van der Waals surface area contributed by atoms with Crippen LogP contribution in [0.5, 0.6) is 0 Å². The van der Waals surface area contributed by atoms with E-state index >= 15 is 0 Å². The Labute approximate surface area is 179 Å². The summed E-state index contributed by atoms with van der Waals surface area (Å²) in [7, 11) is -2.09. The number of benzene rings is 2. The minimum absolute atomic E-state index is 0.0614. The number of ether oxygens (including phenoxy) is 1. The Hall–Kier alpha value is -2.33. The van der Waals surface area contributed by atoms with Gasteiger partial charge in [-0.15, -0.1) is 11.3 Å². The monoisotopic (exact) mass is 445 g/mol. The summed E-state index contributed by atoms with van der Waals surface area (Å²) in [6.07, 6.45) is 1.76. The van der Waals surface area contributed by atoms with E-state index in [0.29, 0.717) is 24.4 Å². The smallest absolute Gasteiger partial charge is 0.255 e. The third kappa shape index (κ3) is 4.39. The fourth-order valence-corrected chi connectivity index (χ4v) is 5.47. The SMILES string of the molecule is Cc1nc2cc(NC(=O)c3ccc(S(=O)(=O)N(C)CC4CCCO4)cc3)ccc2s1. The Morgan fingerprint density at radius 1 is 1.27 bits per heavy atom. The van der Waals surface area contributed by atoms with Gasteiger partial charge in [0.1, 0.15) is 0 Å². The van der Waals surface area contributed by atoms with Crippen LogP contribution in [0, 0.1) is 6.92 Å². The van der Waals surface area contributed by atoms with Crippen molar-refractivity contribution in [3.63, 3.8) is 0 Å². The van der Waals surface area contributed by atoms with Crippen LogP contribution in [0.25, 0.3) is 10.2 Å². The minimum Gasteiger partial charge on any atom is -0.377 e. The molecule has 1 saturated heterocycles. The molecule has 0 radical (unpaired) electrons. The number of rotatable bonds is 6. The van der Waals surface area contributed by atoms with Crippen LogP contribution in [0.2, 0.25) is 0 Å². The van der Waals surface area contributed by atoms with E-state index in [-0.39, 0.29) is 16.9 Å². The molecule has 30 heavy (non-hydrogen) atoms. The molecule has 0 saturated carbocycles. The highest BCUT2D eigenvalue weighted by Gasteiger charge is 2.26. The van der Waals surface area contributed by atoms with Crippen LogP contribution < -0.4 is 5.32 Å². The van der Waals surface area contributed by atoms with Crippen molar-refractivity contribution >= 4 is 43.2 Å². The summed E-state index contributed by atoms with van der Waals surface area (Å²) in [5.41, 5.74) is 1.86. The lowest BCUT2D eigenvalue weighted by Crippen LogP contribution is -2.34. The zero-order valence-electron chi connectivity index (χ0n) is 16.8. The Bertz CT molecular complexity index is 1170. The standard InChI is InChI=1S/C21H23N3O4S2/c1-14-22-19-12-16(7-10-20(19)29-14)23-21(25)15-5-8-18(9-6-15)30(26,27)24(2)13-17-4-3-11-28-17/h5-10,12,17H,3-4,11,13H2,1-2H3,(H,23,25). The molecule has 1 fully saturated rings. The maximum absolute atomic E-state index is 12.8. The largest absolute Gasteiger partial charge is 0.377 e. The highest BCUT2D eigenvalue weighted by atomic mass is 32.2. The Morgan fingerprint density at radius 2 is 2.03 bits per heavy atom. The van der Waals surface area contributed by atoms with Gasteiger partial charge in [0.2, 0.25) is 10.0 Å². The average Bonchev–Trinajstić information content (AvgIpc) is 3.36. The topological polar surface area (TPSA) is 88.6 Å².